The van der Waals surface area contributed by atoms with E-state index in [0.29, 0.717) is 16.3 Å². The lowest BCUT2D eigenvalue weighted by Gasteiger charge is -2.38. The molecule has 0 aromatic heterocycles. The third-order valence-corrected chi connectivity index (χ3v) is 5.43. The second-order valence-electron chi connectivity index (χ2n) is 6.33. The summed E-state index contributed by atoms with van der Waals surface area (Å²) in [5.41, 5.74) is 2.49. The van der Waals surface area contributed by atoms with Crippen LogP contribution in [0, 0.1) is 16.0 Å². The molecule has 0 radical (unpaired) electrons. The quantitative estimate of drug-likeness (QED) is 0.473. The van der Waals surface area contributed by atoms with Gasteiger partial charge in [0.2, 0.25) is 0 Å². The van der Waals surface area contributed by atoms with E-state index in [1.165, 1.54) is 6.07 Å². The predicted molar refractivity (Wildman–Crippen MR) is 97.5 cm³/mol. The normalized spacial score (nSPS) is 23.5. The Bertz CT molecular complexity index is 881. The molecule has 1 aliphatic heterocycles. The van der Waals surface area contributed by atoms with Crippen molar-refractivity contribution in [1.82, 2.24) is 0 Å². The minimum atomic E-state index is -0.330. The molecule has 0 saturated carbocycles. The number of nitro benzene ring substituents is 1. The molecule has 0 bridgehead atoms. The molecule has 1 N–H and O–H groups in total. The number of fused-ring (bicyclic) bond motifs is 3. The van der Waals surface area contributed by atoms with Crippen LogP contribution in [0.2, 0.25) is 5.02 Å². The van der Waals surface area contributed by atoms with Crippen LogP contribution in [0.1, 0.15) is 29.5 Å². The summed E-state index contributed by atoms with van der Waals surface area (Å²) in [4.78, 5) is 11.2. The maximum Gasteiger partial charge on any atom is 0.275 e. The van der Waals surface area contributed by atoms with Crippen molar-refractivity contribution in [2.24, 2.45) is 5.92 Å². The van der Waals surface area contributed by atoms with Crippen molar-refractivity contribution >= 4 is 23.0 Å². The summed E-state index contributed by atoms with van der Waals surface area (Å²) in [6.45, 7) is 0. The van der Waals surface area contributed by atoms with Gasteiger partial charge in [0, 0.05) is 17.5 Å². The van der Waals surface area contributed by atoms with Gasteiger partial charge in [0.05, 0.1) is 34.3 Å². The van der Waals surface area contributed by atoms with Crippen molar-refractivity contribution in [2.75, 3.05) is 12.4 Å². The van der Waals surface area contributed by atoms with E-state index in [9.17, 15) is 10.1 Å². The maximum atomic E-state index is 11.5. The van der Waals surface area contributed by atoms with Crippen molar-refractivity contribution in [1.29, 1.82) is 0 Å². The molecule has 0 spiro atoms. The van der Waals surface area contributed by atoms with Crippen molar-refractivity contribution in [3.63, 3.8) is 0 Å². The van der Waals surface area contributed by atoms with E-state index in [1.807, 2.05) is 24.3 Å². The fourth-order valence-corrected chi connectivity index (χ4v) is 4.26. The third kappa shape index (κ3) is 2.46. The first-order valence-corrected chi connectivity index (χ1v) is 8.52. The number of methoxy groups -OCH3 is 1. The van der Waals surface area contributed by atoms with Gasteiger partial charge in [0.15, 0.2) is 0 Å². The molecule has 2 aromatic carbocycles. The largest absolute Gasteiger partial charge is 0.496 e. The fourth-order valence-electron chi connectivity index (χ4n) is 4.04. The highest BCUT2D eigenvalue weighted by molar-refractivity contribution is 6.33. The first-order valence-electron chi connectivity index (χ1n) is 8.14. The van der Waals surface area contributed by atoms with E-state index >= 15 is 0 Å². The number of nitrogens with zero attached hydrogens (tertiary/aromatic N) is 1. The van der Waals surface area contributed by atoms with Crippen LogP contribution in [0.25, 0.3) is 0 Å². The lowest BCUT2D eigenvalue weighted by Crippen LogP contribution is -2.30. The van der Waals surface area contributed by atoms with Gasteiger partial charge in [-0.15, -0.1) is 0 Å². The van der Waals surface area contributed by atoms with Crippen LogP contribution in [-0.4, -0.2) is 12.0 Å². The van der Waals surface area contributed by atoms with Gasteiger partial charge in [0.1, 0.15) is 5.75 Å². The van der Waals surface area contributed by atoms with Gasteiger partial charge in [-0.25, -0.2) is 0 Å². The summed E-state index contributed by atoms with van der Waals surface area (Å²) in [5, 5.41) is 15.5. The molecule has 1 aliphatic carbocycles. The summed E-state index contributed by atoms with van der Waals surface area (Å²) < 4.78 is 5.53. The van der Waals surface area contributed by atoms with Gasteiger partial charge >= 0.3 is 0 Å². The Morgan fingerprint density at radius 3 is 2.84 bits per heavy atom. The van der Waals surface area contributed by atoms with Crippen LogP contribution in [0.4, 0.5) is 11.4 Å². The number of hydrogen-bond acceptors (Lipinski definition) is 4. The molecule has 25 heavy (non-hydrogen) atoms. The molecule has 0 amide bonds. The van der Waals surface area contributed by atoms with E-state index < -0.39 is 0 Å². The molecule has 3 atom stereocenters. The SMILES string of the molecule is COc1ccccc1[C@@H]1Nc2c(Cl)ccc([N+](=O)[O-])c2[C@H]2C=CC[C@@H]21. The highest BCUT2D eigenvalue weighted by Crippen LogP contribution is 2.55. The van der Waals surface area contributed by atoms with E-state index in [1.54, 1.807) is 13.2 Å². The molecular weight excluding hydrogens is 340 g/mol. The van der Waals surface area contributed by atoms with E-state index in [2.05, 4.69) is 17.5 Å². The number of halogens is 1. The van der Waals surface area contributed by atoms with Gasteiger partial charge in [-0.2, -0.15) is 0 Å². The van der Waals surface area contributed by atoms with Gasteiger partial charge < -0.3 is 10.1 Å². The average molecular weight is 357 g/mol. The van der Waals surface area contributed by atoms with Crippen LogP contribution in [0.5, 0.6) is 5.75 Å². The third-order valence-electron chi connectivity index (χ3n) is 5.12. The molecule has 5 nitrogen and oxygen atoms in total. The second kappa shape index (κ2) is 6.08. The number of rotatable bonds is 3. The Labute approximate surface area is 150 Å². The van der Waals surface area contributed by atoms with Crippen molar-refractivity contribution in [3.8, 4) is 5.75 Å². The molecule has 2 aromatic rings. The van der Waals surface area contributed by atoms with E-state index in [4.69, 9.17) is 16.3 Å². The molecule has 0 unspecified atom stereocenters. The molecule has 2 aliphatic rings. The first kappa shape index (κ1) is 16.0. The number of nitrogens with one attached hydrogen (secondary N) is 1. The van der Waals surface area contributed by atoms with Crippen LogP contribution >= 0.6 is 11.6 Å². The molecule has 1 heterocycles. The van der Waals surface area contributed by atoms with Gasteiger partial charge in [-0.05, 0) is 24.5 Å². The van der Waals surface area contributed by atoms with Crippen LogP contribution in [0.3, 0.4) is 0 Å². The molecule has 128 valence electrons. The van der Waals surface area contributed by atoms with Crippen LogP contribution in [-0.2, 0) is 0 Å². The molecule has 0 saturated heterocycles. The summed E-state index contributed by atoms with van der Waals surface area (Å²) in [6.07, 6.45) is 5.01. The summed E-state index contributed by atoms with van der Waals surface area (Å²) >= 11 is 6.40. The summed E-state index contributed by atoms with van der Waals surface area (Å²) in [7, 11) is 1.65. The highest BCUT2D eigenvalue weighted by atomic mass is 35.5. The molecule has 0 fully saturated rings. The van der Waals surface area contributed by atoms with Crippen LogP contribution in [0.15, 0.2) is 48.6 Å². The Balaban J connectivity index is 1.89. The van der Waals surface area contributed by atoms with Crippen molar-refractivity contribution in [2.45, 2.75) is 18.4 Å². The smallest absolute Gasteiger partial charge is 0.275 e. The Morgan fingerprint density at radius 1 is 1.28 bits per heavy atom. The number of benzene rings is 2. The standard InChI is InChI=1S/C19H17ClN2O3/c1-25-16-8-3-2-5-13(16)18-12-7-4-6-11(12)17-15(22(23)24)10-9-14(20)19(17)21-18/h2-6,8-12,18,21H,7H2,1H3/t11-,12-,18+/m0/s1. The summed E-state index contributed by atoms with van der Waals surface area (Å²) in [6, 6.07) is 10.9. The highest BCUT2D eigenvalue weighted by Gasteiger charge is 2.43. The topological polar surface area (TPSA) is 64.4 Å². The number of allylic oxidation sites excluding steroid dienone is 2. The number of hydrogen-bond donors (Lipinski definition) is 1. The molecular formula is C19H17ClN2O3. The number of para-hydroxylation sites is 1. The number of nitro groups is 1. The number of anilines is 1. The lowest BCUT2D eigenvalue weighted by atomic mass is 9.76. The minimum absolute atomic E-state index is 0.0249. The zero-order valence-electron chi connectivity index (χ0n) is 13.6. The van der Waals surface area contributed by atoms with Gasteiger partial charge in [0.25, 0.3) is 5.69 Å². The predicted octanol–water partition coefficient (Wildman–Crippen LogP) is 5.08. The van der Waals surface area contributed by atoms with E-state index in [-0.39, 0.29) is 28.5 Å². The molecule has 6 heteroatoms. The monoisotopic (exact) mass is 356 g/mol. The Hall–Kier alpha value is -2.53. The van der Waals surface area contributed by atoms with Gasteiger partial charge in [-0.1, -0.05) is 42.0 Å². The number of ether oxygens (including phenoxy) is 1. The lowest BCUT2D eigenvalue weighted by molar-refractivity contribution is -0.385. The van der Waals surface area contributed by atoms with Gasteiger partial charge in [-0.3, -0.25) is 10.1 Å². The van der Waals surface area contributed by atoms with Crippen LogP contribution < -0.4 is 10.1 Å². The fraction of sp³-hybridized carbons (Fsp3) is 0.263. The maximum absolute atomic E-state index is 11.5. The Kier molecular flexibility index (Phi) is 3.88. The van der Waals surface area contributed by atoms with Crippen molar-refractivity contribution < 1.29 is 9.66 Å². The average Bonchev–Trinajstić information content (AvgIpc) is 3.11. The second-order valence-corrected chi connectivity index (χ2v) is 6.74. The van der Waals surface area contributed by atoms with Crippen molar-refractivity contribution in [3.05, 3.63) is 74.8 Å². The zero-order valence-corrected chi connectivity index (χ0v) is 14.4. The Morgan fingerprint density at radius 2 is 2.08 bits per heavy atom. The first-order chi connectivity index (χ1) is 12.1. The zero-order chi connectivity index (χ0) is 17.6. The summed E-state index contributed by atoms with van der Waals surface area (Å²) in [5.74, 6) is 0.946. The molecule has 4 rings (SSSR count). The van der Waals surface area contributed by atoms with E-state index in [0.717, 1.165) is 17.7 Å². The minimum Gasteiger partial charge on any atom is -0.496 e.